The number of alkyl halides is 8. The number of nitrogens with two attached hydrogens (primary N) is 1. The zero-order valence-corrected chi connectivity index (χ0v) is 8.21. The van der Waals surface area contributed by atoms with E-state index in [0.717, 1.165) is 0 Å². The van der Waals surface area contributed by atoms with Crippen LogP contribution < -0.4 is 5.73 Å². The lowest BCUT2D eigenvalue weighted by atomic mass is 10.1. The molecule has 0 spiro atoms. The lowest BCUT2D eigenvalue weighted by Gasteiger charge is -2.22. The lowest BCUT2D eigenvalue weighted by molar-refractivity contribution is -0.299. The van der Waals surface area contributed by atoms with Crippen LogP contribution in [0, 0.1) is 5.92 Å². The smallest absolute Gasteiger partial charge is 0.374 e. The third-order valence-corrected chi connectivity index (χ3v) is 1.76. The van der Waals surface area contributed by atoms with Gasteiger partial charge in [-0.1, -0.05) is 0 Å². The Morgan fingerprint density at radius 2 is 1.41 bits per heavy atom. The van der Waals surface area contributed by atoms with Crippen molar-refractivity contribution in [2.24, 2.45) is 11.7 Å². The van der Waals surface area contributed by atoms with Gasteiger partial charge in [0.2, 0.25) is 0 Å². The second-order valence-electron chi connectivity index (χ2n) is 3.19. The van der Waals surface area contributed by atoms with Gasteiger partial charge in [0, 0.05) is 6.54 Å². The molecule has 1 atom stereocenters. The summed E-state index contributed by atoms with van der Waals surface area (Å²) in [4.78, 5) is 0. The second-order valence-corrected chi connectivity index (χ2v) is 3.19. The third kappa shape index (κ3) is 5.02. The topological polar surface area (TPSA) is 35.2 Å². The van der Waals surface area contributed by atoms with Crippen LogP contribution in [0.2, 0.25) is 0 Å². The van der Waals surface area contributed by atoms with Gasteiger partial charge in [0.15, 0.2) is 0 Å². The van der Waals surface area contributed by atoms with Crippen molar-refractivity contribution in [1.29, 1.82) is 0 Å². The van der Waals surface area contributed by atoms with E-state index in [2.05, 4.69) is 10.5 Å². The van der Waals surface area contributed by atoms with Crippen molar-refractivity contribution in [2.75, 3.05) is 19.8 Å². The molecule has 17 heavy (non-hydrogen) atoms. The maximum Gasteiger partial charge on any atom is 0.455 e. The molecule has 0 amide bonds. The van der Waals surface area contributed by atoms with Crippen molar-refractivity contribution < 1.29 is 39.9 Å². The minimum absolute atomic E-state index is 0.957. The number of hydrogen-bond donors (Lipinski definition) is 1. The summed E-state index contributed by atoms with van der Waals surface area (Å²) >= 11 is 0. The predicted octanol–water partition coefficient (Wildman–Crippen LogP) is 2.34. The van der Waals surface area contributed by atoms with Crippen LogP contribution in [0.3, 0.4) is 0 Å². The molecule has 0 aliphatic heterocycles. The van der Waals surface area contributed by atoms with Crippen LogP contribution in [0.15, 0.2) is 0 Å². The average molecular weight is 275 g/mol. The fourth-order valence-electron chi connectivity index (χ4n) is 0.707. The van der Waals surface area contributed by atoms with Gasteiger partial charge < -0.3 is 10.5 Å². The van der Waals surface area contributed by atoms with E-state index in [9.17, 15) is 35.1 Å². The average Bonchev–Trinajstić information content (AvgIpc) is 2.08. The minimum Gasteiger partial charge on any atom is -0.374 e. The first kappa shape index (κ1) is 16.4. The Morgan fingerprint density at radius 1 is 0.941 bits per heavy atom. The van der Waals surface area contributed by atoms with Crippen LogP contribution in [0.4, 0.5) is 35.1 Å². The Bertz CT molecular complexity index is 235. The fraction of sp³-hybridized carbons (Fsp3) is 1.00. The van der Waals surface area contributed by atoms with E-state index in [1.165, 1.54) is 0 Å². The first-order chi connectivity index (χ1) is 7.42. The van der Waals surface area contributed by atoms with Crippen LogP contribution in [0.25, 0.3) is 0 Å². The third-order valence-electron chi connectivity index (χ3n) is 1.76. The molecule has 104 valence electrons. The Balaban J connectivity index is 4.24. The highest BCUT2D eigenvalue weighted by Crippen LogP contribution is 2.35. The van der Waals surface area contributed by atoms with E-state index in [0.29, 0.717) is 0 Å². The zero-order chi connectivity index (χ0) is 13.9. The highest BCUT2D eigenvalue weighted by Gasteiger charge is 2.57. The number of ether oxygens (including phenoxy) is 1. The van der Waals surface area contributed by atoms with Crippen molar-refractivity contribution in [2.45, 2.75) is 18.3 Å². The minimum atomic E-state index is -5.86. The number of rotatable bonds is 5. The molecule has 2 nitrogen and oxygen atoms in total. The molecule has 0 aliphatic carbocycles. The fourth-order valence-corrected chi connectivity index (χ4v) is 0.707. The van der Waals surface area contributed by atoms with E-state index in [-0.39, 0.29) is 0 Å². The highest BCUT2D eigenvalue weighted by molar-refractivity contribution is 4.76. The van der Waals surface area contributed by atoms with Gasteiger partial charge in [-0.15, -0.1) is 0 Å². The molecular weight excluding hydrogens is 266 g/mol. The van der Waals surface area contributed by atoms with Gasteiger partial charge in [0.1, 0.15) is 6.61 Å². The molecule has 0 fully saturated rings. The molecule has 0 bridgehead atoms. The monoisotopic (exact) mass is 275 g/mol. The van der Waals surface area contributed by atoms with E-state index in [1.54, 1.807) is 0 Å². The molecule has 0 aromatic heterocycles. The van der Waals surface area contributed by atoms with Crippen molar-refractivity contribution in [1.82, 2.24) is 0 Å². The van der Waals surface area contributed by atoms with Crippen LogP contribution >= 0.6 is 0 Å². The van der Waals surface area contributed by atoms with E-state index in [4.69, 9.17) is 0 Å². The van der Waals surface area contributed by atoms with Gasteiger partial charge in [-0.2, -0.15) is 35.1 Å². The van der Waals surface area contributed by atoms with Gasteiger partial charge in [0.25, 0.3) is 0 Å². The molecule has 10 heteroatoms. The Hall–Kier alpha value is -0.640. The number of hydrogen-bond acceptors (Lipinski definition) is 2. The molecule has 0 heterocycles. The standard InChI is InChI=1S/C7H9F8NO/c8-5(9,7(13,14)15)3-17-2-4(1-16)6(10,11)12/h4H,1-3,16H2. The van der Waals surface area contributed by atoms with Crippen LogP contribution in [0.5, 0.6) is 0 Å². The predicted molar refractivity (Wildman–Crippen MR) is 40.4 cm³/mol. The van der Waals surface area contributed by atoms with Crippen molar-refractivity contribution in [3.8, 4) is 0 Å². The summed E-state index contributed by atoms with van der Waals surface area (Å²) in [6.07, 6.45) is -10.7. The molecule has 2 N–H and O–H groups in total. The molecule has 0 aliphatic rings. The zero-order valence-electron chi connectivity index (χ0n) is 8.21. The van der Waals surface area contributed by atoms with Crippen molar-refractivity contribution in [3.05, 3.63) is 0 Å². The second kappa shape index (κ2) is 5.34. The summed E-state index contributed by atoms with van der Waals surface area (Å²) < 4.78 is 99.0. The van der Waals surface area contributed by atoms with E-state index >= 15 is 0 Å². The summed E-state index contributed by atoms with van der Waals surface area (Å²) in [5, 5.41) is 0. The van der Waals surface area contributed by atoms with Crippen molar-refractivity contribution in [3.63, 3.8) is 0 Å². The summed E-state index contributed by atoms with van der Waals surface area (Å²) in [7, 11) is 0. The van der Waals surface area contributed by atoms with Crippen molar-refractivity contribution >= 4 is 0 Å². The molecule has 0 saturated heterocycles. The number of halogens is 8. The summed E-state index contributed by atoms with van der Waals surface area (Å²) in [5.41, 5.74) is 4.68. The van der Waals surface area contributed by atoms with Gasteiger partial charge in [0.05, 0.1) is 12.5 Å². The quantitative estimate of drug-likeness (QED) is 0.782. The normalized spacial score (nSPS) is 16.1. The van der Waals surface area contributed by atoms with Crippen LogP contribution in [0.1, 0.15) is 0 Å². The summed E-state index contributed by atoms with van der Waals surface area (Å²) in [6.45, 7) is -4.46. The Morgan fingerprint density at radius 3 is 1.71 bits per heavy atom. The molecule has 0 rings (SSSR count). The molecular formula is C7H9F8NO. The van der Waals surface area contributed by atoms with E-state index in [1.807, 2.05) is 0 Å². The van der Waals surface area contributed by atoms with Crippen LogP contribution in [-0.2, 0) is 4.74 Å². The Kier molecular flexibility index (Phi) is 5.14. The molecule has 1 unspecified atom stereocenters. The maximum atomic E-state index is 12.2. The van der Waals surface area contributed by atoms with E-state index < -0.39 is 44.0 Å². The van der Waals surface area contributed by atoms with Gasteiger partial charge >= 0.3 is 18.3 Å². The molecule has 0 radical (unpaired) electrons. The summed E-state index contributed by atoms with van der Waals surface area (Å²) in [6, 6.07) is 0. The lowest BCUT2D eigenvalue weighted by Crippen LogP contribution is -2.42. The van der Waals surface area contributed by atoms with Crippen LogP contribution in [-0.4, -0.2) is 38.0 Å². The maximum absolute atomic E-state index is 12.2. The summed E-state index contributed by atoms with van der Waals surface area (Å²) in [5.74, 6) is -7.45. The molecule has 0 saturated carbocycles. The SMILES string of the molecule is NCC(COCC(F)(F)C(F)(F)F)C(F)(F)F. The van der Waals surface area contributed by atoms with Gasteiger partial charge in [-0.25, -0.2) is 0 Å². The molecule has 0 aromatic carbocycles. The largest absolute Gasteiger partial charge is 0.455 e. The Labute approximate surface area is 90.7 Å². The van der Waals surface area contributed by atoms with Gasteiger partial charge in [-0.05, 0) is 0 Å². The first-order valence-electron chi connectivity index (χ1n) is 4.21. The first-order valence-corrected chi connectivity index (χ1v) is 4.21. The highest BCUT2D eigenvalue weighted by atomic mass is 19.4. The van der Waals surface area contributed by atoms with Gasteiger partial charge in [-0.3, -0.25) is 0 Å². The molecule has 0 aromatic rings.